The van der Waals surface area contributed by atoms with Crippen LogP contribution in [0, 0.1) is 12.9 Å². The Bertz CT molecular complexity index is 781. The lowest BCUT2D eigenvalue weighted by Crippen LogP contribution is -2.63. The molecule has 5 nitrogen and oxygen atoms in total. The van der Waals surface area contributed by atoms with Crippen LogP contribution in [0.1, 0.15) is 42.2 Å². The van der Waals surface area contributed by atoms with Gasteiger partial charge in [-0.05, 0) is 50.9 Å². The van der Waals surface area contributed by atoms with Gasteiger partial charge in [0, 0.05) is 31.4 Å². The molecule has 2 aliphatic heterocycles. The molecule has 2 aliphatic rings. The first-order valence-corrected chi connectivity index (χ1v) is 8.74. The van der Waals surface area contributed by atoms with Crippen LogP contribution in [0.2, 0.25) is 0 Å². The van der Waals surface area contributed by atoms with E-state index in [0.29, 0.717) is 30.8 Å². The van der Waals surface area contributed by atoms with Gasteiger partial charge in [-0.25, -0.2) is 4.98 Å². The molecule has 0 saturated carbocycles. The molecule has 0 radical (unpaired) electrons. The zero-order valence-corrected chi connectivity index (χ0v) is 14.2. The Labute approximate surface area is 141 Å². The maximum absolute atomic E-state index is 14.5. The van der Waals surface area contributed by atoms with E-state index in [0.717, 1.165) is 12.1 Å². The van der Waals surface area contributed by atoms with E-state index in [-0.39, 0.29) is 11.6 Å². The van der Waals surface area contributed by atoms with Crippen LogP contribution in [0.15, 0.2) is 18.3 Å². The molecule has 6 heteroatoms. The van der Waals surface area contributed by atoms with Gasteiger partial charge in [0.1, 0.15) is 5.65 Å². The van der Waals surface area contributed by atoms with Crippen LogP contribution in [-0.4, -0.2) is 56.8 Å². The Morgan fingerprint density at radius 1 is 1.33 bits per heavy atom. The quantitative estimate of drug-likeness (QED) is 0.849. The lowest BCUT2D eigenvalue weighted by atomic mass is 9.97. The highest BCUT2D eigenvalue weighted by Crippen LogP contribution is 2.26. The van der Waals surface area contributed by atoms with Gasteiger partial charge >= 0.3 is 0 Å². The van der Waals surface area contributed by atoms with Crippen molar-refractivity contribution in [2.75, 3.05) is 19.6 Å². The number of amides is 1. The summed E-state index contributed by atoms with van der Waals surface area (Å²) in [6, 6.07) is 4.58. The van der Waals surface area contributed by atoms with Gasteiger partial charge in [0.2, 0.25) is 5.95 Å². The second kappa shape index (κ2) is 5.84. The Morgan fingerprint density at radius 3 is 2.88 bits per heavy atom. The van der Waals surface area contributed by atoms with E-state index in [1.165, 1.54) is 23.7 Å². The Kier molecular flexibility index (Phi) is 3.79. The van der Waals surface area contributed by atoms with Crippen molar-refractivity contribution >= 4 is 11.6 Å². The van der Waals surface area contributed by atoms with Crippen molar-refractivity contribution in [2.24, 2.45) is 0 Å². The number of nitrogens with zero attached hydrogens (tertiary/aromatic N) is 4. The van der Waals surface area contributed by atoms with E-state index in [1.54, 1.807) is 17.2 Å². The van der Waals surface area contributed by atoms with Crippen LogP contribution in [0.25, 0.3) is 5.65 Å². The smallest absolute Gasteiger partial charge is 0.277 e. The first-order valence-electron chi connectivity index (χ1n) is 8.74. The number of pyridine rings is 1. The summed E-state index contributed by atoms with van der Waals surface area (Å²) in [4.78, 5) is 21.0. The van der Waals surface area contributed by atoms with E-state index >= 15 is 0 Å². The highest BCUT2D eigenvalue weighted by atomic mass is 19.1. The summed E-state index contributed by atoms with van der Waals surface area (Å²) in [7, 11) is 0. The number of likely N-dealkylation sites (tertiary alicyclic amines) is 2. The number of imidazole rings is 1. The molecule has 4 heterocycles. The Morgan fingerprint density at radius 2 is 2.12 bits per heavy atom. The molecule has 0 aliphatic carbocycles. The number of rotatable bonds is 2. The number of aromatic nitrogens is 2. The number of piperidine rings is 1. The fourth-order valence-corrected chi connectivity index (χ4v) is 3.90. The van der Waals surface area contributed by atoms with Crippen molar-refractivity contribution in [1.82, 2.24) is 19.2 Å². The average molecular weight is 330 g/mol. The van der Waals surface area contributed by atoms with Gasteiger partial charge in [0.05, 0.1) is 0 Å². The number of carbonyl (C=O) groups excluding carboxylic acids is 1. The molecule has 0 N–H and O–H groups in total. The van der Waals surface area contributed by atoms with Gasteiger partial charge in [-0.15, -0.1) is 0 Å². The molecule has 1 amide bonds. The van der Waals surface area contributed by atoms with Crippen LogP contribution < -0.4 is 0 Å². The zero-order chi connectivity index (χ0) is 16.8. The number of fused-ring (bicyclic) bond motifs is 1. The first-order chi connectivity index (χ1) is 11.5. The zero-order valence-electron chi connectivity index (χ0n) is 14.2. The summed E-state index contributed by atoms with van der Waals surface area (Å²) >= 11 is 0. The van der Waals surface area contributed by atoms with Gasteiger partial charge in [0.25, 0.3) is 5.91 Å². The molecule has 0 spiro atoms. The predicted molar refractivity (Wildman–Crippen MR) is 89.6 cm³/mol. The largest absolute Gasteiger partial charge is 0.334 e. The third-order valence-corrected chi connectivity index (χ3v) is 5.40. The van der Waals surface area contributed by atoms with Crippen molar-refractivity contribution in [3.63, 3.8) is 0 Å². The Hall–Kier alpha value is -1.95. The van der Waals surface area contributed by atoms with Crippen LogP contribution in [-0.2, 0) is 0 Å². The highest BCUT2D eigenvalue weighted by Gasteiger charge is 2.39. The molecule has 2 saturated heterocycles. The second-order valence-corrected chi connectivity index (χ2v) is 7.13. The number of halogens is 1. The fourth-order valence-electron chi connectivity index (χ4n) is 3.90. The van der Waals surface area contributed by atoms with Gasteiger partial charge in [0.15, 0.2) is 5.69 Å². The normalized spacial score (nSPS) is 22.8. The summed E-state index contributed by atoms with van der Waals surface area (Å²) < 4.78 is 15.8. The Balaban J connectivity index is 1.49. The summed E-state index contributed by atoms with van der Waals surface area (Å²) in [5.41, 5.74) is 1.41. The second-order valence-electron chi connectivity index (χ2n) is 7.13. The maximum Gasteiger partial charge on any atom is 0.277 e. The summed E-state index contributed by atoms with van der Waals surface area (Å²) in [5.74, 6) is -0.862. The van der Waals surface area contributed by atoms with Gasteiger partial charge in [-0.2, -0.15) is 4.39 Å². The molecule has 0 unspecified atom stereocenters. The maximum atomic E-state index is 14.5. The van der Waals surface area contributed by atoms with Gasteiger partial charge < -0.3 is 4.90 Å². The van der Waals surface area contributed by atoms with Crippen molar-refractivity contribution in [3.8, 4) is 0 Å². The van der Waals surface area contributed by atoms with Crippen LogP contribution in [0.3, 0.4) is 0 Å². The molecule has 24 heavy (non-hydrogen) atoms. The van der Waals surface area contributed by atoms with E-state index in [2.05, 4.69) is 16.8 Å². The minimum absolute atomic E-state index is 0.0641. The molecule has 2 aromatic rings. The molecular formula is C18H23FN4O. The lowest BCUT2D eigenvalue weighted by molar-refractivity contribution is 0.00157. The molecule has 0 aromatic carbocycles. The predicted octanol–water partition coefficient (Wildman–Crippen LogP) is 2.48. The first kappa shape index (κ1) is 15.6. The fraction of sp³-hybridized carbons (Fsp3) is 0.556. The van der Waals surface area contributed by atoms with Gasteiger partial charge in [-0.3, -0.25) is 14.1 Å². The van der Waals surface area contributed by atoms with Crippen molar-refractivity contribution < 1.29 is 9.18 Å². The summed E-state index contributed by atoms with van der Waals surface area (Å²) in [6.45, 7) is 6.64. The number of carbonyl (C=O) groups is 1. The van der Waals surface area contributed by atoms with Gasteiger partial charge in [-0.1, -0.05) is 6.42 Å². The highest BCUT2D eigenvalue weighted by molar-refractivity contribution is 5.93. The molecule has 1 atom stereocenters. The lowest BCUT2D eigenvalue weighted by Gasteiger charge is -2.49. The van der Waals surface area contributed by atoms with Crippen LogP contribution >= 0.6 is 0 Å². The van der Waals surface area contributed by atoms with Crippen molar-refractivity contribution in [1.29, 1.82) is 0 Å². The van der Waals surface area contributed by atoms with E-state index < -0.39 is 5.95 Å². The van der Waals surface area contributed by atoms with E-state index in [9.17, 15) is 9.18 Å². The van der Waals surface area contributed by atoms with Crippen molar-refractivity contribution in [2.45, 2.75) is 45.2 Å². The third-order valence-electron chi connectivity index (χ3n) is 5.40. The molecule has 2 aromatic heterocycles. The van der Waals surface area contributed by atoms with E-state index in [1.807, 2.05) is 13.0 Å². The van der Waals surface area contributed by atoms with Crippen LogP contribution in [0.4, 0.5) is 4.39 Å². The van der Waals surface area contributed by atoms with Crippen LogP contribution in [0.5, 0.6) is 0 Å². The minimum Gasteiger partial charge on any atom is -0.334 e. The SMILES string of the molecule is Cc1ccn2c(F)c(C(=O)N3CC(N4CCCC[C@@H]4C)C3)nc2c1. The monoisotopic (exact) mass is 330 g/mol. The summed E-state index contributed by atoms with van der Waals surface area (Å²) in [6.07, 6.45) is 5.37. The molecule has 2 fully saturated rings. The standard InChI is InChI=1S/C18H23FN4O/c1-12-6-8-23-15(9-12)20-16(17(23)19)18(24)21-10-14(11-21)22-7-4-3-5-13(22)2/h6,8-9,13-14H,3-5,7,10-11H2,1-2H3/t13-/m0/s1. The minimum atomic E-state index is -0.565. The third kappa shape index (κ3) is 2.49. The average Bonchev–Trinajstić information content (AvgIpc) is 2.84. The molecule has 128 valence electrons. The topological polar surface area (TPSA) is 40.9 Å². The summed E-state index contributed by atoms with van der Waals surface area (Å²) in [5, 5.41) is 0. The number of hydrogen-bond donors (Lipinski definition) is 0. The number of hydrogen-bond acceptors (Lipinski definition) is 3. The molecule has 4 rings (SSSR count). The molecule has 0 bridgehead atoms. The van der Waals surface area contributed by atoms with Crippen molar-refractivity contribution in [3.05, 3.63) is 35.5 Å². The number of aryl methyl sites for hydroxylation is 1. The molecular weight excluding hydrogens is 307 g/mol. The van der Waals surface area contributed by atoms with E-state index in [4.69, 9.17) is 0 Å².